The third-order valence-corrected chi connectivity index (χ3v) is 1.48. The highest BCUT2D eigenvalue weighted by molar-refractivity contribution is 5.88. The second-order valence-corrected chi connectivity index (χ2v) is 2.73. The molecule has 0 atom stereocenters. The van der Waals surface area contributed by atoms with E-state index in [1.54, 1.807) is 19.1 Å². The number of esters is 1. The first-order valence-electron chi connectivity index (χ1n) is 4.93. The summed E-state index contributed by atoms with van der Waals surface area (Å²) >= 11 is 0. The summed E-state index contributed by atoms with van der Waals surface area (Å²) in [5.74, 6) is -0.507. The highest BCUT2D eigenvalue weighted by Gasteiger charge is 2.01. The van der Waals surface area contributed by atoms with Gasteiger partial charge < -0.3 is 10.1 Å². The summed E-state index contributed by atoms with van der Waals surface area (Å²) in [6, 6.07) is 0. The van der Waals surface area contributed by atoms with Crippen LogP contribution in [0, 0.1) is 0 Å². The van der Waals surface area contributed by atoms with Crippen LogP contribution in [0.1, 0.15) is 20.3 Å². The average molecular weight is 211 g/mol. The van der Waals surface area contributed by atoms with E-state index in [2.05, 4.69) is 5.32 Å². The van der Waals surface area contributed by atoms with E-state index in [1.807, 2.05) is 13.0 Å². The zero-order valence-corrected chi connectivity index (χ0v) is 9.16. The zero-order chi connectivity index (χ0) is 11.5. The van der Waals surface area contributed by atoms with E-state index >= 15 is 0 Å². The van der Waals surface area contributed by atoms with Crippen molar-refractivity contribution in [3.8, 4) is 0 Å². The SMILES string of the molecule is CC=CC=CC(=O)NCCC(=O)OCC. The normalized spacial score (nSPS) is 10.8. The number of allylic oxidation sites excluding steroid dienone is 3. The molecule has 0 radical (unpaired) electrons. The number of carbonyl (C=O) groups excluding carboxylic acids is 2. The molecular weight excluding hydrogens is 194 g/mol. The fourth-order valence-corrected chi connectivity index (χ4v) is 0.834. The van der Waals surface area contributed by atoms with Gasteiger partial charge in [-0.05, 0) is 13.8 Å². The molecule has 0 heterocycles. The molecule has 0 bridgehead atoms. The number of carbonyl (C=O) groups is 2. The van der Waals surface area contributed by atoms with Crippen molar-refractivity contribution in [2.24, 2.45) is 0 Å². The summed E-state index contributed by atoms with van der Waals surface area (Å²) in [4.78, 5) is 22.0. The van der Waals surface area contributed by atoms with Gasteiger partial charge in [-0.25, -0.2) is 0 Å². The van der Waals surface area contributed by atoms with Gasteiger partial charge in [-0.1, -0.05) is 18.2 Å². The van der Waals surface area contributed by atoms with Crippen LogP contribution in [0.15, 0.2) is 24.3 Å². The molecule has 0 saturated carbocycles. The van der Waals surface area contributed by atoms with E-state index < -0.39 is 0 Å². The van der Waals surface area contributed by atoms with Gasteiger partial charge in [0, 0.05) is 12.6 Å². The predicted molar refractivity (Wildman–Crippen MR) is 58.2 cm³/mol. The van der Waals surface area contributed by atoms with Crippen molar-refractivity contribution in [3.63, 3.8) is 0 Å². The summed E-state index contributed by atoms with van der Waals surface area (Å²) in [5.41, 5.74) is 0. The Hall–Kier alpha value is -1.58. The molecule has 1 N–H and O–H groups in total. The molecule has 4 heteroatoms. The lowest BCUT2D eigenvalue weighted by atomic mass is 10.4. The molecule has 15 heavy (non-hydrogen) atoms. The first-order valence-corrected chi connectivity index (χ1v) is 4.93. The van der Waals surface area contributed by atoms with Gasteiger partial charge in [-0.15, -0.1) is 0 Å². The molecule has 0 unspecified atom stereocenters. The number of nitrogens with one attached hydrogen (secondary N) is 1. The maximum Gasteiger partial charge on any atom is 0.307 e. The van der Waals surface area contributed by atoms with Crippen molar-refractivity contribution < 1.29 is 14.3 Å². The molecule has 0 aromatic rings. The molecule has 0 aliphatic carbocycles. The number of hydrogen-bond acceptors (Lipinski definition) is 3. The molecule has 0 aromatic carbocycles. The lowest BCUT2D eigenvalue weighted by Gasteiger charge is -2.01. The van der Waals surface area contributed by atoms with Gasteiger partial charge in [0.1, 0.15) is 0 Å². The predicted octanol–water partition coefficient (Wildman–Crippen LogP) is 1.19. The van der Waals surface area contributed by atoms with Crippen LogP contribution >= 0.6 is 0 Å². The van der Waals surface area contributed by atoms with E-state index in [-0.39, 0.29) is 18.3 Å². The minimum absolute atomic E-state index is 0.205. The summed E-state index contributed by atoms with van der Waals surface area (Å²) in [6.07, 6.45) is 6.83. The summed E-state index contributed by atoms with van der Waals surface area (Å²) in [6.45, 7) is 4.28. The van der Waals surface area contributed by atoms with E-state index in [4.69, 9.17) is 4.74 Å². The van der Waals surface area contributed by atoms with Gasteiger partial charge >= 0.3 is 5.97 Å². The minimum atomic E-state index is -0.296. The van der Waals surface area contributed by atoms with Gasteiger partial charge in [0.2, 0.25) is 5.91 Å². The molecule has 4 nitrogen and oxygen atoms in total. The van der Waals surface area contributed by atoms with E-state index in [0.717, 1.165) is 0 Å². The first-order chi connectivity index (χ1) is 7.20. The first kappa shape index (κ1) is 13.4. The molecule has 0 aliphatic heterocycles. The molecule has 0 spiro atoms. The van der Waals surface area contributed by atoms with Crippen LogP contribution in [0.25, 0.3) is 0 Å². The fraction of sp³-hybridized carbons (Fsp3) is 0.455. The Kier molecular flexibility index (Phi) is 8.05. The van der Waals surface area contributed by atoms with Gasteiger partial charge in [0.05, 0.1) is 13.0 Å². The lowest BCUT2D eigenvalue weighted by Crippen LogP contribution is -2.24. The number of amides is 1. The maximum absolute atomic E-state index is 11.1. The van der Waals surface area contributed by atoms with Crippen molar-refractivity contribution >= 4 is 11.9 Å². The van der Waals surface area contributed by atoms with Crippen LogP contribution in [0.4, 0.5) is 0 Å². The Morgan fingerprint density at radius 3 is 2.67 bits per heavy atom. The van der Waals surface area contributed by atoms with Crippen molar-refractivity contribution in [1.82, 2.24) is 5.32 Å². The standard InChI is InChI=1S/C11H17NO3/c1-3-5-6-7-10(13)12-9-8-11(14)15-4-2/h3,5-7H,4,8-9H2,1-2H3,(H,12,13). The molecule has 1 amide bonds. The maximum atomic E-state index is 11.1. The molecule has 0 rings (SSSR count). The van der Waals surface area contributed by atoms with Crippen LogP contribution in [-0.4, -0.2) is 25.0 Å². The van der Waals surface area contributed by atoms with Crippen LogP contribution in [0.3, 0.4) is 0 Å². The quantitative estimate of drug-likeness (QED) is 0.408. The smallest absolute Gasteiger partial charge is 0.307 e. The Morgan fingerprint density at radius 1 is 1.33 bits per heavy atom. The monoisotopic (exact) mass is 211 g/mol. The van der Waals surface area contributed by atoms with Crippen molar-refractivity contribution in [1.29, 1.82) is 0 Å². The van der Waals surface area contributed by atoms with Gasteiger partial charge in [0.15, 0.2) is 0 Å². The highest BCUT2D eigenvalue weighted by Crippen LogP contribution is 1.84. The van der Waals surface area contributed by atoms with Gasteiger partial charge in [-0.2, -0.15) is 0 Å². The topological polar surface area (TPSA) is 55.4 Å². The van der Waals surface area contributed by atoms with Gasteiger partial charge in [0.25, 0.3) is 0 Å². The molecule has 0 fully saturated rings. The van der Waals surface area contributed by atoms with E-state index in [9.17, 15) is 9.59 Å². The highest BCUT2D eigenvalue weighted by atomic mass is 16.5. The van der Waals surface area contributed by atoms with Gasteiger partial charge in [-0.3, -0.25) is 9.59 Å². The van der Waals surface area contributed by atoms with Crippen molar-refractivity contribution in [2.45, 2.75) is 20.3 Å². The zero-order valence-electron chi connectivity index (χ0n) is 9.16. The third kappa shape index (κ3) is 8.74. The lowest BCUT2D eigenvalue weighted by molar-refractivity contribution is -0.142. The van der Waals surface area contributed by atoms with Crippen molar-refractivity contribution in [3.05, 3.63) is 24.3 Å². The Morgan fingerprint density at radius 2 is 2.07 bits per heavy atom. The molecule has 0 aliphatic rings. The second-order valence-electron chi connectivity index (χ2n) is 2.73. The summed E-state index contributed by atoms with van der Waals surface area (Å²) in [5, 5.41) is 2.57. The molecule has 0 aromatic heterocycles. The Balaban J connectivity index is 3.59. The fourth-order valence-electron chi connectivity index (χ4n) is 0.834. The number of rotatable bonds is 6. The second kappa shape index (κ2) is 8.99. The molecule has 0 saturated heterocycles. The van der Waals surface area contributed by atoms with Crippen molar-refractivity contribution in [2.75, 3.05) is 13.2 Å². The Labute approximate surface area is 90.0 Å². The Bertz CT molecular complexity index is 257. The molecule has 84 valence electrons. The van der Waals surface area contributed by atoms with E-state index in [1.165, 1.54) is 6.08 Å². The van der Waals surface area contributed by atoms with Crippen LogP contribution < -0.4 is 5.32 Å². The van der Waals surface area contributed by atoms with Crippen LogP contribution in [-0.2, 0) is 14.3 Å². The average Bonchev–Trinajstić information content (AvgIpc) is 2.18. The minimum Gasteiger partial charge on any atom is -0.466 e. The number of hydrogen-bond donors (Lipinski definition) is 1. The van der Waals surface area contributed by atoms with Crippen LogP contribution in [0.5, 0.6) is 0 Å². The number of ether oxygens (including phenoxy) is 1. The third-order valence-electron chi connectivity index (χ3n) is 1.48. The summed E-state index contributed by atoms with van der Waals surface area (Å²) < 4.78 is 4.70. The largest absolute Gasteiger partial charge is 0.466 e. The van der Waals surface area contributed by atoms with E-state index in [0.29, 0.717) is 13.2 Å². The summed E-state index contributed by atoms with van der Waals surface area (Å²) in [7, 11) is 0. The molecular formula is C11H17NO3. The van der Waals surface area contributed by atoms with Crippen LogP contribution in [0.2, 0.25) is 0 Å².